The summed E-state index contributed by atoms with van der Waals surface area (Å²) in [5, 5.41) is 12.5. The Morgan fingerprint density at radius 3 is 3.06 bits per heavy atom. The van der Waals surface area contributed by atoms with Crippen LogP contribution >= 0.6 is 0 Å². The molecule has 16 heavy (non-hydrogen) atoms. The molecule has 0 aliphatic carbocycles. The molecule has 1 aromatic carbocycles. The average molecular weight is 221 g/mol. The Labute approximate surface area is 94.2 Å². The van der Waals surface area contributed by atoms with Crippen LogP contribution in [-0.4, -0.2) is 30.8 Å². The van der Waals surface area contributed by atoms with Crippen molar-refractivity contribution in [3.63, 3.8) is 0 Å². The Morgan fingerprint density at radius 2 is 2.38 bits per heavy atom. The number of hydrogen-bond acceptors (Lipinski definition) is 4. The SMILES string of the molecule is COC(=O)C1CC(c2cccc(O)c2)CN1. The summed E-state index contributed by atoms with van der Waals surface area (Å²) in [6.45, 7) is 0.739. The fourth-order valence-electron chi connectivity index (χ4n) is 2.09. The molecular weight excluding hydrogens is 206 g/mol. The summed E-state index contributed by atoms with van der Waals surface area (Å²) in [5.41, 5.74) is 1.05. The number of carbonyl (C=O) groups excluding carboxylic acids is 1. The van der Waals surface area contributed by atoms with E-state index in [4.69, 9.17) is 4.74 Å². The summed E-state index contributed by atoms with van der Waals surface area (Å²) in [6.07, 6.45) is 0.718. The molecule has 1 heterocycles. The molecule has 0 saturated carbocycles. The van der Waals surface area contributed by atoms with Crippen molar-refractivity contribution >= 4 is 5.97 Å². The number of ether oxygens (including phenoxy) is 1. The van der Waals surface area contributed by atoms with Crippen LogP contribution in [0.1, 0.15) is 17.9 Å². The quantitative estimate of drug-likeness (QED) is 0.732. The summed E-state index contributed by atoms with van der Waals surface area (Å²) in [4.78, 5) is 11.3. The lowest BCUT2D eigenvalue weighted by Gasteiger charge is -2.09. The van der Waals surface area contributed by atoms with Gasteiger partial charge in [-0.25, -0.2) is 0 Å². The highest BCUT2D eigenvalue weighted by Crippen LogP contribution is 2.28. The van der Waals surface area contributed by atoms with Gasteiger partial charge in [-0.1, -0.05) is 12.1 Å². The molecule has 0 amide bonds. The predicted octanol–water partition coefficient (Wildman–Crippen LogP) is 1.01. The van der Waals surface area contributed by atoms with Crippen LogP contribution in [0.5, 0.6) is 5.75 Å². The van der Waals surface area contributed by atoms with E-state index in [2.05, 4.69) is 5.32 Å². The second-order valence-corrected chi connectivity index (χ2v) is 4.01. The van der Waals surface area contributed by atoms with Gasteiger partial charge in [-0.3, -0.25) is 4.79 Å². The van der Waals surface area contributed by atoms with Gasteiger partial charge >= 0.3 is 5.97 Å². The van der Waals surface area contributed by atoms with Gasteiger partial charge in [-0.15, -0.1) is 0 Å². The van der Waals surface area contributed by atoms with Crippen molar-refractivity contribution in [1.82, 2.24) is 5.32 Å². The summed E-state index contributed by atoms with van der Waals surface area (Å²) >= 11 is 0. The van der Waals surface area contributed by atoms with Crippen LogP contribution in [0.2, 0.25) is 0 Å². The topological polar surface area (TPSA) is 58.6 Å². The van der Waals surface area contributed by atoms with E-state index < -0.39 is 0 Å². The van der Waals surface area contributed by atoms with Crippen molar-refractivity contribution in [3.05, 3.63) is 29.8 Å². The van der Waals surface area contributed by atoms with Crippen LogP contribution in [-0.2, 0) is 9.53 Å². The minimum atomic E-state index is -0.225. The molecule has 0 spiro atoms. The number of hydrogen-bond donors (Lipinski definition) is 2. The normalized spacial score (nSPS) is 24.3. The minimum absolute atomic E-state index is 0.220. The van der Waals surface area contributed by atoms with E-state index in [1.807, 2.05) is 12.1 Å². The lowest BCUT2D eigenvalue weighted by Crippen LogP contribution is -2.31. The Kier molecular flexibility index (Phi) is 3.10. The highest BCUT2D eigenvalue weighted by atomic mass is 16.5. The number of aromatic hydroxyl groups is 1. The molecule has 2 N–H and O–H groups in total. The van der Waals surface area contributed by atoms with Gasteiger partial charge < -0.3 is 15.2 Å². The van der Waals surface area contributed by atoms with E-state index in [1.54, 1.807) is 12.1 Å². The number of rotatable bonds is 2. The van der Waals surface area contributed by atoms with Crippen LogP contribution in [0.15, 0.2) is 24.3 Å². The summed E-state index contributed by atoms with van der Waals surface area (Å²) in [6, 6.07) is 6.94. The number of phenolic OH excluding ortho intramolecular Hbond substituents is 1. The van der Waals surface area contributed by atoms with Crippen molar-refractivity contribution in [1.29, 1.82) is 0 Å². The Bertz CT molecular complexity index is 392. The van der Waals surface area contributed by atoms with Gasteiger partial charge in [0.2, 0.25) is 0 Å². The van der Waals surface area contributed by atoms with E-state index >= 15 is 0 Å². The number of benzene rings is 1. The van der Waals surface area contributed by atoms with Crippen molar-refractivity contribution in [3.8, 4) is 5.75 Å². The summed E-state index contributed by atoms with van der Waals surface area (Å²) in [7, 11) is 1.39. The van der Waals surface area contributed by atoms with Crippen LogP contribution in [0.3, 0.4) is 0 Å². The molecule has 1 fully saturated rings. The van der Waals surface area contributed by atoms with Crippen LogP contribution < -0.4 is 5.32 Å². The lowest BCUT2D eigenvalue weighted by atomic mass is 9.96. The lowest BCUT2D eigenvalue weighted by molar-refractivity contribution is -0.142. The Hall–Kier alpha value is -1.55. The van der Waals surface area contributed by atoms with Crippen molar-refractivity contribution < 1.29 is 14.6 Å². The fraction of sp³-hybridized carbons (Fsp3) is 0.417. The Morgan fingerprint density at radius 1 is 1.56 bits per heavy atom. The first-order chi connectivity index (χ1) is 7.70. The largest absolute Gasteiger partial charge is 0.508 e. The van der Waals surface area contributed by atoms with Crippen LogP contribution in [0, 0.1) is 0 Å². The van der Waals surface area contributed by atoms with Gasteiger partial charge in [0, 0.05) is 6.54 Å². The van der Waals surface area contributed by atoms with E-state index in [0.717, 1.165) is 18.5 Å². The van der Waals surface area contributed by atoms with Crippen LogP contribution in [0.4, 0.5) is 0 Å². The monoisotopic (exact) mass is 221 g/mol. The zero-order valence-corrected chi connectivity index (χ0v) is 9.14. The van der Waals surface area contributed by atoms with Gasteiger partial charge in [0.1, 0.15) is 11.8 Å². The molecule has 0 aromatic heterocycles. The maximum Gasteiger partial charge on any atom is 0.322 e. The fourth-order valence-corrected chi connectivity index (χ4v) is 2.09. The van der Waals surface area contributed by atoms with E-state index in [-0.39, 0.29) is 23.7 Å². The third kappa shape index (κ3) is 2.17. The van der Waals surface area contributed by atoms with Crippen LogP contribution in [0.25, 0.3) is 0 Å². The Balaban J connectivity index is 2.06. The molecule has 2 atom stereocenters. The number of esters is 1. The first-order valence-electron chi connectivity index (χ1n) is 5.31. The van der Waals surface area contributed by atoms with Gasteiger partial charge in [-0.05, 0) is 30.0 Å². The highest BCUT2D eigenvalue weighted by Gasteiger charge is 2.30. The van der Waals surface area contributed by atoms with E-state index in [0.29, 0.717) is 0 Å². The molecule has 0 bridgehead atoms. The molecule has 1 saturated heterocycles. The second kappa shape index (κ2) is 4.53. The average Bonchev–Trinajstić information content (AvgIpc) is 2.77. The molecule has 2 unspecified atom stereocenters. The van der Waals surface area contributed by atoms with Crippen molar-refractivity contribution in [2.24, 2.45) is 0 Å². The first-order valence-corrected chi connectivity index (χ1v) is 5.31. The molecule has 86 valence electrons. The first kappa shape index (κ1) is 11.0. The molecule has 2 rings (SSSR count). The second-order valence-electron chi connectivity index (χ2n) is 4.01. The van der Waals surface area contributed by atoms with Crippen molar-refractivity contribution in [2.75, 3.05) is 13.7 Å². The smallest absolute Gasteiger partial charge is 0.322 e. The molecule has 4 nitrogen and oxygen atoms in total. The van der Waals surface area contributed by atoms with E-state index in [1.165, 1.54) is 7.11 Å². The van der Waals surface area contributed by atoms with Gasteiger partial charge in [0.05, 0.1) is 7.11 Å². The number of methoxy groups -OCH3 is 1. The maximum absolute atomic E-state index is 11.3. The zero-order chi connectivity index (χ0) is 11.5. The van der Waals surface area contributed by atoms with E-state index in [9.17, 15) is 9.90 Å². The van der Waals surface area contributed by atoms with Gasteiger partial charge in [-0.2, -0.15) is 0 Å². The predicted molar refractivity (Wildman–Crippen MR) is 59.3 cm³/mol. The van der Waals surface area contributed by atoms with Crippen molar-refractivity contribution in [2.45, 2.75) is 18.4 Å². The molecular formula is C12H15NO3. The molecule has 1 aliphatic rings. The number of nitrogens with one attached hydrogen (secondary N) is 1. The third-order valence-corrected chi connectivity index (χ3v) is 2.96. The molecule has 1 aromatic rings. The standard InChI is InChI=1S/C12H15NO3/c1-16-12(15)11-6-9(7-13-11)8-3-2-4-10(14)5-8/h2-5,9,11,13-14H,6-7H2,1H3. The van der Waals surface area contributed by atoms with Gasteiger partial charge in [0.25, 0.3) is 0 Å². The molecule has 0 radical (unpaired) electrons. The zero-order valence-electron chi connectivity index (χ0n) is 9.14. The number of phenols is 1. The summed E-state index contributed by atoms with van der Waals surface area (Å²) < 4.78 is 4.69. The van der Waals surface area contributed by atoms with Gasteiger partial charge in [0.15, 0.2) is 0 Å². The maximum atomic E-state index is 11.3. The molecule has 4 heteroatoms. The minimum Gasteiger partial charge on any atom is -0.508 e. The highest BCUT2D eigenvalue weighted by molar-refractivity contribution is 5.76. The number of carbonyl (C=O) groups is 1. The molecule has 1 aliphatic heterocycles. The third-order valence-electron chi connectivity index (χ3n) is 2.96. The summed E-state index contributed by atoms with van der Waals surface area (Å²) in [5.74, 6) is 0.304.